The van der Waals surface area contributed by atoms with Gasteiger partial charge >= 0.3 is 5.97 Å². The Morgan fingerprint density at radius 3 is 2.50 bits per heavy atom. The van der Waals surface area contributed by atoms with Crippen LogP contribution in [0.5, 0.6) is 0 Å². The third-order valence-corrected chi connectivity index (χ3v) is 5.21. The maximum absolute atomic E-state index is 11.0. The zero-order valence-electron chi connectivity index (χ0n) is 12.4. The maximum atomic E-state index is 11.0. The summed E-state index contributed by atoms with van der Waals surface area (Å²) in [5.74, 6) is 1.47. The number of hydrogen-bond donors (Lipinski definition) is 2. The molecule has 3 aliphatic rings. The Balaban J connectivity index is 1.48. The molecule has 2 aliphatic carbocycles. The molecule has 0 aromatic rings. The first-order chi connectivity index (χ1) is 9.69. The van der Waals surface area contributed by atoms with E-state index in [1.54, 1.807) is 0 Å². The molecule has 2 N–H and O–H groups in total. The Bertz CT molecular complexity index is 339. The van der Waals surface area contributed by atoms with E-state index in [1.165, 1.54) is 38.6 Å². The van der Waals surface area contributed by atoms with Crippen molar-refractivity contribution < 1.29 is 9.90 Å². The van der Waals surface area contributed by atoms with Crippen molar-refractivity contribution in [3.05, 3.63) is 0 Å². The number of rotatable bonds is 7. The maximum Gasteiger partial charge on any atom is 0.303 e. The normalized spacial score (nSPS) is 32.0. The Morgan fingerprint density at radius 1 is 1.10 bits per heavy atom. The lowest BCUT2D eigenvalue weighted by molar-refractivity contribution is -0.138. The quantitative estimate of drug-likeness (QED) is 0.748. The van der Waals surface area contributed by atoms with Crippen LogP contribution in [-0.4, -0.2) is 48.2 Å². The second-order valence-electron chi connectivity index (χ2n) is 7.26. The highest BCUT2D eigenvalue weighted by molar-refractivity contribution is 5.67. The van der Waals surface area contributed by atoms with Crippen LogP contribution < -0.4 is 5.32 Å². The monoisotopic (exact) mass is 280 g/mol. The fourth-order valence-corrected chi connectivity index (χ4v) is 3.69. The lowest BCUT2D eigenvalue weighted by Crippen LogP contribution is -2.51. The second-order valence-corrected chi connectivity index (χ2v) is 7.26. The number of hydrogen-bond acceptors (Lipinski definition) is 3. The number of aliphatic carboxylic acids is 1. The topological polar surface area (TPSA) is 52.6 Å². The summed E-state index contributed by atoms with van der Waals surface area (Å²) in [6, 6.07) is 0.507. The van der Waals surface area contributed by atoms with Crippen LogP contribution in [0.3, 0.4) is 0 Å². The van der Waals surface area contributed by atoms with E-state index in [-0.39, 0.29) is 0 Å². The van der Waals surface area contributed by atoms with Crippen molar-refractivity contribution in [1.29, 1.82) is 0 Å². The molecule has 114 valence electrons. The Kier molecular flexibility index (Phi) is 4.61. The molecule has 2 saturated carbocycles. The van der Waals surface area contributed by atoms with Crippen LogP contribution in [0, 0.1) is 17.8 Å². The number of likely N-dealkylation sites (tertiary alicyclic amines) is 1. The molecule has 2 unspecified atom stereocenters. The van der Waals surface area contributed by atoms with Crippen LogP contribution in [-0.2, 0) is 4.79 Å². The van der Waals surface area contributed by atoms with Crippen LogP contribution in [0.2, 0.25) is 0 Å². The van der Waals surface area contributed by atoms with Crippen molar-refractivity contribution in [3.8, 4) is 0 Å². The van der Waals surface area contributed by atoms with Gasteiger partial charge in [0.2, 0.25) is 0 Å². The van der Waals surface area contributed by atoms with Gasteiger partial charge in [-0.1, -0.05) is 6.42 Å². The molecule has 0 radical (unpaired) electrons. The number of nitrogens with zero attached hydrogens (tertiary/aromatic N) is 1. The average molecular weight is 280 g/mol. The molecule has 1 heterocycles. The third-order valence-electron chi connectivity index (χ3n) is 5.21. The summed E-state index contributed by atoms with van der Waals surface area (Å²) in [6.45, 7) is 4.45. The van der Waals surface area contributed by atoms with Gasteiger partial charge in [0.05, 0.1) is 0 Å². The minimum Gasteiger partial charge on any atom is -0.481 e. The molecule has 4 heteroatoms. The highest BCUT2D eigenvalue weighted by atomic mass is 16.4. The number of carbonyl (C=O) groups is 1. The van der Waals surface area contributed by atoms with Crippen molar-refractivity contribution in [3.63, 3.8) is 0 Å². The van der Waals surface area contributed by atoms with E-state index in [0.29, 0.717) is 18.4 Å². The zero-order chi connectivity index (χ0) is 13.9. The van der Waals surface area contributed by atoms with Crippen molar-refractivity contribution in [2.75, 3.05) is 26.2 Å². The highest BCUT2D eigenvalue weighted by Crippen LogP contribution is 2.32. The lowest BCUT2D eigenvalue weighted by Gasteiger charge is -2.39. The van der Waals surface area contributed by atoms with E-state index in [9.17, 15) is 4.79 Å². The van der Waals surface area contributed by atoms with Crippen LogP contribution >= 0.6 is 0 Å². The largest absolute Gasteiger partial charge is 0.481 e. The van der Waals surface area contributed by atoms with Crippen molar-refractivity contribution >= 4 is 5.97 Å². The molecule has 0 aromatic carbocycles. The fourth-order valence-electron chi connectivity index (χ4n) is 3.69. The average Bonchev–Trinajstić information content (AvgIpc) is 3.09. The van der Waals surface area contributed by atoms with Crippen LogP contribution in [0.25, 0.3) is 0 Å². The Labute approximate surface area is 121 Å². The summed E-state index contributed by atoms with van der Waals surface area (Å²) < 4.78 is 0. The van der Waals surface area contributed by atoms with Crippen molar-refractivity contribution in [2.45, 2.75) is 51.0 Å². The minimum atomic E-state index is -0.638. The van der Waals surface area contributed by atoms with Crippen molar-refractivity contribution in [2.24, 2.45) is 17.8 Å². The van der Waals surface area contributed by atoms with Gasteiger partial charge in [0.15, 0.2) is 0 Å². The molecule has 1 saturated heterocycles. The molecule has 0 aromatic heterocycles. The lowest BCUT2D eigenvalue weighted by atomic mass is 9.84. The van der Waals surface area contributed by atoms with Gasteiger partial charge in [-0.2, -0.15) is 0 Å². The highest BCUT2D eigenvalue weighted by Gasteiger charge is 2.32. The number of carboxylic acid groups (broad SMARTS) is 1. The van der Waals surface area contributed by atoms with E-state index >= 15 is 0 Å². The van der Waals surface area contributed by atoms with Gasteiger partial charge in [-0.05, 0) is 56.4 Å². The Morgan fingerprint density at radius 2 is 1.90 bits per heavy atom. The van der Waals surface area contributed by atoms with E-state index in [2.05, 4.69) is 10.2 Å². The summed E-state index contributed by atoms with van der Waals surface area (Å²) in [5.41, 5.74) is 0. The molecule has 2 atom stereocenters. The van der Waals surface area contributed by atoms with Crippen molar-refractivity contribution in [1.82, 2.24) is 10.2 Å². The summed E-state index contributed by atoms with van der Waals surface area (Å²) in [5, 5.41) is 12.8. The minimum absolute atomic E-state index is 0.332. The fraction of sp³-hybridized carbons (Fsp3) is 0.938. The smallest absolute Gasteiger partial charge is 0.303 e. The molecule has 4 nitrogen and oxygen atoms in total. The zero-order valence-corrected chi connectivity index (χ0v) is 12.4. The SMILES string of the molecule is O=C(O)CC1CC(NCC2CCC2)CN(CC2CC2)C1. The summed E-state index contributed by atoms with van der Waals surface area (Å²) in [6.07, 6.45) is 8.28. The first-order valence-electron chi connectivity index (χ1n) is 8.36. The van der Waals surface area contributed by atoms with E-state index in [0.717, 1.165) is 37.9 Å². The van der Waals surface area contributed by atoms with Gasteiger partial charge in [0.1, 0.15) is 0 Å². The number of piperidine rings is 1. The summed E-state index contributed by atoms with van der Waals surface area (Å²) >= 11 is 0. The predicted molar refractivity (Wildman–Crippen MR) is 78.7 cm³/mol. The van der Waals surface area contributed by atoms with Crippen LogP contribution in [0.4, 0.5) is 0 Å². The molecule has 0 bridgehead atoms. The van der Waals surface area contributed by atoms with Crippen LogP contribution in [0.1, 0.15) is 44.9 Å². The number of carboxylic acids is 1. The third kappa shape index (κ3) is 4.19. The summed E-state index contributed by atoms with van der Waals surface area (Å²) in [4.78, 5) is 13.5. The molecule has 1 aliphatic heterocycles. The van der Waals surface area contributed by atoms with Crippen LogP contribution in [0.15, 0.2) is 0 Å². The molecular formula is C16H28N2O2. The summed E-state index contributed by atoms with van der Waals surface area (Å²) in [7, 11) is 0. The van der Waals surface area contributed by atoms with Gasteiger partial charge in [-0.3, -0.25) is 4.79 Å². The van der Waals surface area contributed by atoms with E-state index < -0.39 is 5.97 Å². The Hall–Kier alpha value is -0.610. The molecule has 20 heavy (non-hydrogen) atoms. The molecular weight excluding hydrogens is 252 g/mol. The van der Waals surface area contributed by atoms with E-state index in [1.807, 2.05) is 0 Å². The first kappa shape index (κ1) is 14.3. The molecule has 3 fully saturated rings. The molecule has 0 spiro atoms. The molecule has 3 rings (SSSR count). The van der Waals surface area contributed by atoms with Gasteiger partial charge < -0.3 is 15.3 Å². The van der Waals surface area contributed by atoms with Gasteiger partial charge in [-0.25, -0.2) is 0 Å². The standard InChI is InChI=1S/C16H28N2O2/c19-16(20)7-14-6-15(17-8-12-2-1-3-12)11-18(10-14)9-13-4-5-13/h12-15,17H,1-11H2,(H,19,20). The number of nitrogens with one attached hydrogen (secondary N) is 1. The second kappa shape index (κ2) is 6.44. The predicted octanol–water partition coefficient (Wildman–Crippen LogP) is 1.95. The van der Waals surface area contributed by atoms with E-state index in [4.69, 9.17) is 5.11 Å². The van der Waals surface area contributed by atoms with Gasteiger partial charge in [0, 0.05) is 32.1 Å². The first-order valence-corrected chi connectivity index (χ1v) is 8.36. The molecule has 0 amide bonds. The van der Waals surface area contributed by atoms with Gasteiger partial charge in [0.25, 0.3) is 0 Å². The van der Waals surface area contributed by atoms with Gasteiger partial charge in [-0.15, -0.1) is 0 Å².